The number of amides is 2. The van der Waals surface area contributed by atoms with Gasteiger partial charge in [0.1, 0.15) is 5.56 Å². The Morgan fingerprint density at radius 2 is 1.66 bits per heavy atom. The Balaban J connectivity index is 1.67. The number of nitrogens with one attached hydrogen (secondary N) is 1. The molecule has 0 bridgehead atoms. The van der Waals surface area contributed by atoms with E-state index in [2.05, 4.69) is 23.7 Å². The van der Waals surface area contributed by atoms with Gasteiger partial charge in [0.05, 0.1) is 11.1 Å². The fourth-order valence-electron chi connectivity index (χ4n) is 2.93. The summed E-state index contributed by atoms with van der Waals surface area (Å²) in [5.74, 6) is 5.06. The monoisotopic (exact) mass is 391 g/mol. The Hall–Kier alpha value is -3.66. The van der Waals surface area contributed by atoms with Crippen molar-refractivity contribution in [2.45, 2.75) is 32.7 Å². The van der Waals surface area contributed by atoms with Crippen LogP contribution in [0.4, 0.5) is 0 Å². The zero-order chi connectivity index (χ0) is 20.8. The first-order valence-corrected chi connectivity index (χ1v) is 9.45. The Morgan fingerprint density at radius 3 is 2.31 bits per heavy atom. The summed E-state index contributed by atoms with van der Waals surface area (Å²) >= 11 is 0. The van der Waals surface area contributed by atoms with E-state index in [9.17, 15) is 19.2 Å². The molecule has 0 aliphatic carbocycles. The number of rotatable bonds is 6. The number of aromatic amines is 1. The lowest BCUT2D eigenvalue weighted by Gasteiger charge is -2.10. The van der Waals surface area contributed by atoms with E-state index < -0.39 is 11.2 Å². The van der Waals surface area contributed by atoms with E-state index in [1.54, 1.807) is 36.4 Å². The molecule has 7 heteroatoms. The van der Waals surface area contributed by atoms with Crippen LogP contribution in [0, 0.1) is 11.8 Å². The molecular weight excluding hydrogens is 370 g/mol. The minimum atomic E-state index is -0.542. The average Bonchev–Trinajstić information content (AvgIpc) is 2.96. The number of carbonyl (C=O) groups excluding carboxylic acids is 2. The second-order valence-electron chi connectivity index (χ2n) is 6.60. The SMILES string of the molecule is CCCCC#Cc1cn(C/C=C\CN2C(=O)c3ccccc3C2=O)c(=O)[nH]c1=O. The predicted molar refractivity (Wildman–Crippen MR) is 109 cm³/mol. The number of benzene rings is 1. The summed E-state index contributed by atoms with van der Waals surface area (Å²) in [7, 11) is 0. The first-order chi connectivity index (χ1) is 14.0. The number of hydrogen-bond donors (Lipinski definition) is 1. The molecule has 0 saturated carbocycles. The number of unbranched alkanes of at least 4 members (excludes halogenated alkanes) is 2. The van der Waals surface area contributed by atoms with Gasteiger partial charge in [0.25, 0.3) is 17.4 Å². The molecule has 0 unspecified atom stereocenters. The standard InChI is InChI=1S/C22H21N3O4/c1-2-3-4-5-10-16-15-24(22(29)23-19(16)26)13-8-9-14-25-20(27)17-11-6-7-12-18(17)21(25)28/h6-9,11-12,15H,2-4,13-14H2,1H3,(H,23,26,29)/b9-8-. The Kier molecular flexibility index (Phi) is 6.25. The van der Waals surface area contributed by atoms with Crippen LogP contribution in [-0.4, -0.2) is 32.8 Å². The first kappa shape index (κ1) is 20.1. The molecule has 2 aromatic rings. The van der Waals surface area contributed by atoms with Gasteiger partial charge in [0.2, 0.25) is 0 Å². The molecule has 1 aliphatic rings. The van der Waals surface area contributed by atoms with Gasteiger partial charge in [-0.25, -0.2) is 4.79 Å². The number of carbonyl (C=O) groups is 2. The summed E-state index contributed by atoms with van der Waals surface area (Å²) in [6.07, 6.45) is 7.39. The van der Waals surface area contributed by atoms with Gasteiger partial charge in [-0.05, 0) is 18.6 Å². The van der Waals surface area contributed by atoms with Crippen LogP contribution in [0.2, 0.25) is 0 Å². The van der Waals surface area contributed by atoms with Crippen molar-refractivity contribution in [1.82, 2.24) is 14.5 Å². The lowest BCUT2D eigenvalue weighted by molar-refractivity contribution is 0.0672. The van der Waals surface area contributed by atoms with Gasteiger partial charge >= 0.3 is 5.69 Å². The van der Waals surface area contributed by atoms with E-state index in [0.717, 1.165) is 17.7 Å². The highest BCUT2D eigenvalue weighted by atomic mass is 16.2. The average molecular weight is 391 g/mol. The van der Waals surface area contributed by atoms with Crippen LogP contribution >= 0.6 is 0 Å². The van der Waals surface area contributed by atoms with Crippen LogP contribution < -0.4 is 11.2 Å². The molecule has 1 aromatic heterocycles. The summed E-state index contributed by atoms with van der Waals surface area (Å²) in [5.41, 5.74) is -0.0257. The molecule has 0 atom stereocenters. The molecule has 7 nitrogen and oxygen atoms in total. The van der Waals surface area contributed by atoms with E-state index in [-0.39, 0.29) is 30.5 Å². The molecule has 1 aliphatic heterocycles. The molecule has 148 valence electrons. The summed E-state index contributed by atoms with van der Waals surface area (Å²) in [6, 6.07) is 6.69. The molecule has 3 rings (SSSR count). The minimum absolute atomic E-state index is 0.105. The zero-order valence-electron chi connectivity index (χ0n) is 16.1. The zero-order valence-corrected chi connectivity index (χ0v) is 16.1. The van der Waals surface area contributed by atoms with Gasteiger partial charge in [-0.15, -0.1) is 0 Å². The minimum Gasteiger partial charge on any atom is -0.296 e. The molecule has 0 radical (unpaired) electrons. The van der Waals surface area contributed by atoms with Gasteiger partial charge in [-0.2, -0.15) is 0 Å². The van der Waals surface area contributed by atoms with Crippen molar-refractivity contribution >= 4 is 11.8 Å². The summed E-state index contributed by atoms with van der Waals surface area (Å²) in [4.78, 5) is 51.9. The maximum atomic E-state index is 12.3. The van der Waals surface area contributed by atoms with Crippen molar-refractivity contribution < 1.29 is 9.59 Å². The second kappa shape index (κ2) is 9.02. The third kappa shape index (κ3) is 4.43. The molecular formula is C22H21N3O4. The molecule has 0 saturated heterocycles. The van der Waals surface area contributed by atoms with Crippen molar-refractivity contribution in [3.8, 4) is 11.8 Å². The number of nitrogens with zero attached hydrogens (tertiary/aromatic N) is 2. The molecule has 1 N–H and O–H groups in total. The predicted octanol–water partition coefficient (Wildman–Crippen LogP) is 1.93. The van der Waals surface area contributed by atoms with Crippen LogP contribution in [0.1, 0.15) is 52.5 Å². The van der Waals surface area contributed by atoms with Crippen molar-refractivity contribution in [2.75, 3.05) is 6.54 Å². The lowest BCUT2D eigenvalue weighted by Crippen LogP contribution is -2.31. The lowest BCUT2D eigenvalue weighted by atomic mass is 10.1. The van der Waals surface area contributed by atoms with Crippen LogP contribution in [0.15, 0.2) is 52.2 Å². The highest BCUT2D eigenvalue weighted by Gasteiger charge is 2.33. The summed E-state index contributed by atoms with van der Waals surface area (Å²) in [6.45, 7) is 2.35. The van der Waals surface area contributed by atoms with E-state index in [4.69, 9.17) is 0 Å². The maximum Gasteiger partial charge on any atom is 0.328 e. The van der Waals surface area contributed by atoms with Crippen LogP contribution in [0.25, 0.3) is 0 Å². The third-order valence-electron chi connectivity index (χ3n) is 4.52. The molecule has 0 fully saturated rings. The third-order valence-corrected chi connectivity index (χ3v) is 4.52. The van der Waals surface area contributed by atoms with Crippen molar-refractivity contribution in [3.05, 3.63) is 80.1 Å². The molecule has 0 spiro atoms. The highest BCUT2D eigenvalue weighted by Crippen LogP contribution is 2.21. The van der Waals surface area contributed by atoms with E-state index in [1.165, 1.54) is 10.8 Å². The molecule has 2 heterocycles. The van der Waals surface area contributed by atoms with E-state index in [0.29, 0.717) is 17.5 Å². The number of hydrogen-bond acceptors (Lipinski definition) is 4. The van der Waals surface area contributed by atoms with Crippen molar-refractivity contribution in [1.29, 1.82) is 0 Å². The van der Waals surface area contributed by atoms with Crippen LogP contribution in [-0.2, 0) is 6.54 Å². The fraction of sp³-hybridized carbons (Fsp3) is 0.273. The topological polar surface area (TPSA) is 92.2 Å². The van der Waals surface area contributed by atoms with Gasteiger partial charge in [0.15, 0.2) is 0 Å². The Labute approximate surface area is 167 Å². The van der Waals surface area contributed by atoms with Crippen LogP contribution in [0.3, 0.4) is 0 Å². The van der Waals surface area contributed by atoms with Crippen molar-refractivity contribution in [3.63, 3.8) is 0 Å². The fourth-order valence-corrected chi connectivity index (χ4v) is 2.93. The number of H-pyrrole nitrogens is 1. The maximum absolute atomic E-state index is 12.3. The quantitative estimate of drug-likeness (QED) is 0.352. The first-order valence-electron chi connectivity index (χ1n) is 9.45. The Bertz CT molecular complexity index is 1110. The van der Waals surface area contributed by atoms with E-state index in [1.807, 2.05) is 0 Å². The molecule has 29 heavy (non-hydrogen) atoms. The van der Waals surface area contributed by atoms with E-state index >= 15 is 0 Å². The number of allylic oxidation sites excluding steroid dienone is 1. The normalized spacial score (nSPS) is 12.9. The summed E-state index contributed by atoms with van der Waals surface area (Å²) in [5, 5.41) is 0. The number of fused-ring (bicyclic) bond motifs is 1. The van der Waals surface area contributed by atoms with Gasteiger partial charge in [-0.3, -0.25) is 28.8 Å². The van der Waals surface area contributed by atoms with Crippen molar-refractivity contribution in [2.24, 2.45) is 0 Å². The summed E-state index contributed by atoms with van der Waals surface area (Å²) < 4.78 is 1.32. The molecule has 2 amide bonds. The smallest absolute Gasteiger partial charge is 0.296 e. The van der Waals surface area contributed by atoms with Gasteiger partial charge < -0.3 is 0 Å². The van der Waals surface area contributed by atoms with Crippen LogP contribution in [0.5, 0.6) is 0 Å². The second-order valence-corrected chi connectivity index (χ2v) is 6.60. The van der Waals surface area contributed by atoms with Gasteiger partial charge in [-0.1, -0.05) is 49.5 Å². The largest absolute Gasteiger partial charge is 0.328 e. The van der Waals surface area contributed by atoms with Gasteiger partial charge in [0, 0.05) is 25.7 Å². The molecule has 1 aromatic carbocycles. The number of imide groups is 1. The highest BCUT2D eigenvalue weighted by molar-refractivity contribution is 6.21. The number of aromatic nitrogens is 2. The Morgan fingerprint density at radius 1 is 1.00 bits per heavy atom.